The lowest BCUT2D eigenvalue weighted by Crippen LogP contribution is -2.49. The van der Waals surface area contributed by atoms with Gasteiger partial charge in [-0.05, 0) is 17.7 Å². The van der Waals surface area contributed by atoms with Gasteiger partial charge in [-0.15, -0.1) is 0 Å². The van der Waals surface area contributed by atoms with Crippen LogP contribution in [0.4, 0.5) is 5.82 Å². The highest BCUT2D eigenvalue weighted by Crippen LogP contribution is 2.17. The number of nitrogens with zero attached hydrogens (tertiary/aromatic N) is 5. The Hall–Kier alpha value is -2.65. The maximum atomic E-state index is 12.4. The minimum absolute atomic E-state index is 0.0802. The van der Waals surface area contributed by atoms with Crippen LogP contribution in [0.25, 0.3) is 0 Å². The van der Waals surface area contributed by atoms with Gasteiger partial charge in [-0.1, -0.05) is 23.7 Å². The highest BCUT2D eigenvalue weighted by atomic mass is 35.5. The Kier molecular flexibility index (Phi) is 4.92. The van der Waals surface area contributed by atoms with Gasteiger partial charge >= 0.3 is 0 Å². The Morgan fingerprint density at radius 1 is 1.21 bits per heavy atom. The molecule has 0 radical (unpaired) electrons. The third-order valence-corrected chi connectivity index (χ3v) is 4.20. The lowest BCUT2D eigenvalue weighted by Gasteiger charge is -2.35. The highest BCUT2D eigenvalue weighted by molar-refractivity contribution is 6.30. The zero-order chi connectivity index (χ0) is 16.9. The van der Waals surface area contributed by atoms with E-state index in [4.69, 9.17) is 16.9 Å². The van der Waals surface area contributed by atoms with E-state index in [1.807, 2.05) is 28.0 Å². The summed E-state index contributed by atoms with van der Waals surface area (Å²) in [5, 5.41) is 9.76. The number of nitriles is 1. The van der Waals surface area contributed by atoms with Crippen LogP contribution in [0, 0.1) is 11.3 Å². The summed E-state index contributed by atoms with van der Waals surface area (Å²) in [5.74, 6) is 0.665. The van der Waals surface area contributed by atoms with Gasteiger partial charge in [0.15, 0.2) is 11.5 Å². The molecule has 1 aliphatic rings. The SMILES string of the molecule is N#Cc1nccnc1N1CCN(C(=O)Cc2cccc(Cl)c2)CC1. The van der Waals surface area contributed by atoms with E-state index in [2.05, 4.69) is 16.0 Å². The van der Waals surface area contributed by atoms with Gasteiger partial charge in [-0.3, -0.25) is 4.79 Å². The Morgan fingerprint density at radius 3 is 2.67 bits per heavy atom. The number of benzene rings is 1. The van der Waals surface area contributed by atoms with Gasteiger partial charge in [0.05, 0.1) is 6.42 Å². The maximum Gasteiger partial charge on any atom is 0.227 e. The molecule has 122 valence electrons. The third-order valence-electron chi connectivity index (χ3n) is 3.96. The van der Waals surface area contributed by atoms with Crippen LogP contribution in [0.2, 0.25) is 5.02 Å². The molecule has 3 rings (SSSR count). The topological polar surface area (TPSA) is 73.1 Å². The van der Waals surface area contributed by atoms with E-state index in [1.54, 1.807) is 12.3 Å². The van der Waals surface area contributed by atoms with Crippen molar-refractivity contribution in [3.63, 3.8) is 0 Å². The number of anilines is 1. The van der Waals surface area contributed by atoms with Crippen LogP contribution in [-0.4, -0.2) is 47.0 Å². The molecule has 0 bridgehead atoms. The Bertz CT molecular complexity index is 781. The summed E-state index contributed by atoms with van der Waals surface area (Å²) in [4.78, 5) is 24.5. The molecule has 1 aromatic heterocycles. The molecule has 7 heteroatoms. The van der Waals surface area contributed by atoms with Crippen LogP contribution in [0.5, 0.6) is 0 Å². The van der Waals surface area contributed by atoms with Gasteiger partial charge in [0.25, 0.3) is 0 Å². The maximum absolute atomic E-state index is 12.4. The van der Waals surface area contributed by atoms with Crippen molar-refractivity contribution in [2.45, 2.75) is 6.42 Å². The minimum atomic E-state index is 0.0802. The van der Waals surface area contributed by atoms with E-state index in [0.29, 0.717) is 49.1 Å². The minimum Gasteiger partial charge on any atom is -0.351 e. The van der Waals surface area contributed by atoms with Gasteiger partial charge in [-0.25, -0.2) is 9.97 Å². The first-order chi connectivity index (χ1) is 11.7. The molecule has 1 aromatic carbocycles. The summed E-state index contributed by atoms with van der Waals surface area (Å²) in [6.45, 7) is 2.46. The van der Waals surface area contributed by atoms with E-state index in [0.717, 1.165) is 5.56 Å². The molecule has 1 amide bonds. The van der Waals surface area contributed by atoms with Crippen LogP contribution < -0.4 is 4.90 Å². The number of carbonyl (C=O) groups excluding carboxylic acids is 1. The summed E-state index contributed by atoms with van der Waals surface area (Å²) >= 11 is 5.96. The molecule has 2 heterocycles. The zero-order valence-corrected chi connectivity index (χ0v) is 13.8. The van der Waals surface area contributed by atoms with Crippen molar-refractivity contribution in [1.29, 1.82) is 5.26 Å². The molecule has 0 aliphatic carbocycles. The molecule has 1 fully saturated rings. The molecular weight excluding hydrogens is 326 g/mol. The standard InChI is InChI=1S/C17H16ClN5O/c18-14-3-1-2-13(10-14)11-16(24)22-6-8-23(9-7-22)17-15(12-19)20-4-5-21-17/h1-5,10H,6-9,11H2. The monoisotopic (exact) mass is 341 g/mol. The summed E-state index contributed by atoms with van der Waals surface area (Å²) in [6.07, 6.45) is 3.43. The first-order valence-electron chi connectivity index (χ1n) is 7.65. The fraction of sp³-hybridized carbons (Fsp3) is 0.294. The Balaban J connectivity index is 1.61. The van der Waals surface area contributed by atoms with Crippen molar-refractivity contribution in [1.82, 2.24) is 14.9 Å². The third kappa shape index (κ3) is 3.63. The quantitative estimate of drug-likeness (QED) is 0.852. The number of hydrogen-bond acceptors (Lipinski definition) is 5. The predicted octanol–water partition coefficient (Wildman–Crippen LogP) is 1.89. The summed E-state index contributed by atoms with van der Waals surface area (Å²) in [5.41, 5.74) is 1.23. The molecule has 24 heavy (non-hydrogen) atoms. The van der Waals surface area contributed by atoms with Crippen LogP contribution in [0.3, 0.4) is 0 Å². The van der Waals surface area contributed by atoms with E-state index in [-0.39, 0.29) is 5.91 Å². The fourth-order valence-corrected chi connectivity index (χ4v) is 2.95. The second kappa shape index (κ2) is 7.28. The Labute approximate surface area is 145 Å². The van der Waals surface area contributed by atoms with Gasteiger partial charge in [-0.2, -0.15) is 5.26 Å². The van der Waals surface area contributed by atoms with Crippen molar-refractivity contribution in [3.05, 3.63) is 52.9 Å². The first-order valence-corrected chi connectivity index (χ1v) is 8.03. The summed E-state index contributed by atoms with van der Waals surface area (Å²) in [7, 11) is 0. The first kappa shape index (κ1) is 16.2. The predicted molar refractivity (Wildman–Crippen MR) is 90.7 cm³/mol. The molecule has 2 aromatic rings. The number of halogens is 1. The second-order valence-electron chi connectivity index (χ2n) is 5.51. The number of piperazine rings is 1. The largest absolute Gasteiger partial charge is 0.351 e. The number of aromatic nitrogens is 2. The van der Waals surface area contributed by atoms with E-state index in [9.17, 15) is 4.79 Å². The molecule has 1 saturated heterocycles. The summed E-state index contributed by atoms with van der Waals surface area (Å²) in [6, 6.07) is 9.41. The molecule has 0 saturated carbocycles. The Morgan fingerprint density at radius 2 is 1.96 bits per heavy atom. The van der Waals surface area contributed by atoms with Crippen LogP contribution >= 0.6 is 11.6 Å². The molecular formula is C17H16ClN5O. The smallest absolute Gasteiger partial charge is 0.227 e. The number of hydrogen-bond donors (Lipinski definition) is 0. The highest BCUT2D eigenvalue weighted by Gasteiger charge is 2.23. The van der Waals surface area contributed by atoms with Gasteiger partial charge in [0.2, 0.25) is 5.91 Å². The fourth-order valence-electron chi connectivity index (χ4n) is 2.74. The van der Waals surface area contributed by atoms with Gasteiger partial charge in [0, 0.05) is 43.6 Å². The van der Waals surface area contributed by atoms with Crippen molar-refractivity contribution in [2.24, 2.45) is 0 Å². The van der Waals surface area contributed by atoms with Gasteiger partial charge < -0.3 is 9.80 Å². The van der Waals surface area contributed by atoms with Crippen molar-refractivity contribution in [3.8, 4) is 6.07 Å². The molecule has 0 N–H and O–H groups in total. The summed E-state index contributed by atoms with van der Waals surface area (Å²) < 4.78 is 0. The van der Waals surface area contributed by atoms with Crippen LogP contribution in [0.15, 0.2) is 36.7 Å². The molecule has 0 atom stereocenters. The van der Waals surface area contributed by atoms with Crippen LogP contribution in [-0.2, 0) is 11.2 Å². The average molecular weight is 342 g/mol. The molecule has 1 aliphatic heterocycles. The molecule has 0 spiro atoms. The number of rotatable bonds is 3. The molecule has 0 unspecified atom stereocenters. The zero-order valence-electron chi connectivity index (χ0n) is 13.0. The normalized spacial score (nSPS) is 14.3. The number of carbonyl (C=O) groups is 1. The average Bonchev–Trinajstić information content (AvgIpc) is 2.62. The lowest BCUT2D eigenvalue weighted by molar-refractivity contribution is -0.130. The van der Waals surface area contributed by atoms with Crippen molar-refractivity contribution < 1.29 is 4.79 Å². The van der Waals surface area contributed by atoms with E-state index < -0.39 is 0 Å². The van der Waals surface area contributed by atoms with E-state index in [1.165, 1.54) is 6.20 Å². The van der Waals surface area contributed by atoms with Gasteiger partial charge in [0.1, 0.15) is 6.07 Å². The molecule has 6 nitrogen and oxygen atoms in total. The van der Waals surface area contributed by atoms with Crippen molar-refractivity contribution in [2.75, 3.05) is 31.1 Å². The second-order valence-corrected chi connectivity index (χ2v) is 5.95. The number of amides is 1. The van der Waals surface area contributed by atoms with E-state index >= 15 is 0 Å². The van der Waals surface area contributed by atoms with Crippen LogP contribution in [0.1, 0.15) is 11.3 Å². The van der Waals surface area contributed by atoms with Crippen molar-refractivity contribution >= 4 is 23.3 Å². The lowest BCUT2D eigenvalue weighted by atomic mass is 10.1.